The number of carbonyl (C=O) groups excluding carboxylic acids is 1. The van der Waals surface area contributed by atoms with Gasteiger partial charge in [0.1, 0.15) is 5.82 Å². The molecule has 2 aromatic carbocycles. The van der Waals surface area contributed by atoms with Crippen molar-refractivity contribution in [1.29, 1.82) is 0 Å². The van der Waals surface area contributed by atoms with Gasteiger partial charge >= 0.3 is 0 Å². The van der Waals surface area contributed by atoms with Crippen LogP contribution in [0.15, 0.2) is 46.9 Å². The van der Waals surface area contributed by atoms with Gasteiger partial charge in [-0.25, -0.2) is 4.39 Å². The highest BCUT2D eigenvalue weighted by Gasteiger charge is 2.13. The summed E-state index contributed by atoms with van der Waals surface area (Å²) in [5, 5.41) is 2.81. The molecule has 1 unspecified atom stereocenters. The first-order chi connectivity index (χ1) is 9.45. The van der Waals surface area contributed by atoms with E-state index in [4.69, 9.17) is 5.73 Å². The summed E-state index contributed by atoms with van der Waals surface area (Å²) in [4.78, 5) is 12.1. The van der Waals surface area contributed by atoms with Crippen LogP contribution >= 0.6 is 15.9 Å². The lowest BCUT2D eigenvalue weighted by atomic mass is 10.1. The van der Waals surface area contributed by atoms with E-state index in [0.717, 1.165) is 10.0 Å². The number of anilines is 1. The third-order valence-corrected chi connectivity index (χ3v) is 3.37. The summed E-state index contributed by atoms with van der Waals surface area (Å²) in [6.45, 7) is 1.86. The SMILES string of the molecule is CC(NC(=O)c1cc(N)cc(F)c1)c1cccc(Br)c1. The fourth-order valence-corrected chi connectivity index (χ4v) is 2.30. The fraction of sp³-hybridized carbons (Fsp3) is 0.133. The minimum absolute atomic E-state index is 0.190. The molecule has 5 heteroatoms. The summed E-state index contributed by atoms with van der Waals surface area (Å²) in [6, 6.07) is 11.2. The Morgan fingerprint density at radius 3 is 2.70 bits per heavy atom. The van der Waals surface area contributed by atoms with Gasteiger partial charge in [-0.2, -0.15) is 0 Å². The van der Waals surface area contributed by atoms with Crippen LogP contribution in [0.4, 0.5) is 10.1 Å². The molecule has 0 saturated heterocycles. The molecule has 3 N–H and O–H groups in total. The molecule has 0 aliphatic rings. The minimum atomic E-state index is -0.523. The number of rotatable bonds is 3. The maximum absolute atomic E-state index is 13.2. The van der Waals surface area contributed by atoms with Gasteiger partial charge < -0.3 is 11.1 Å². The molecule has 0 bridgehead atoms. The lowest BCUT2D eigenvalue weighted by Gasteiger charge is -2.15. The third kappa shape index (κ3) is 3.57. The number of hydrogen-bond donors (Lipinski definition) is 2. The normalized spacial score (nSPS) is 11.9. The van der Waals surface area contributed by atoms with E-state index in [1.54, 1.807) is 0 Å². The topological polar surface area (TPSA) is 55.1 Å². The molecule has 0 aliphatic carbocycles. The average molecular weight is 337 g/mol. The van der Waals surface area contributed by atoms with Crippen LogP contribution in [-0.2, 0) is 0 Å². The monoisotopic (exact) mass is 336 g/mol. The van der Waals surface area contributed by atoms with E-state index in [1.165, 1.54) is 18.2 Å². The maximum atomic E-state index is 13.2. The van der Waals surface area contributed by atoms with E-state index >= 15 is 0 Å². The van der Waals surface area contributed by atoms with E-state index in [1.807, 2.05) is 31.2 Å². The second kappa shape index (κ2) is 6.05. The number of amides is 1. The summed E-state index contributed by atoms with van der Waals surface area (Å²) in [5.41, 5.74) is 6.93. The first-order valence-electron chi connectivity index (χ1n) is 6.08. The highest BCUT2D eigenvalue weighted by molar-refractivity contribution is 9.10. The van der Waals surface area contributed by atoms with Crippen molar-refractivity contribution in [2.24, 2.45) is 0 Å². The van der Waals surface area contributed by atoms with E-state index in [9.17, 15) is 9.18 Å². The number of nitrogens with one attached hydrogen (secondary N) is 1. The highest BCUT2D eigenvalue weighted by Crippen LogP contribution is 2.19. The third-order valence-electron chi connectivity index (χ3n) is 2.88. The van der Waals surface area contributed by atoms with Crippen LogP contribution in [0.25, 0.3) is 0 Å². The van der Waals surface area contributed by atoms with Gasteiger partial charge in [0.15, 0.2) is 0 Å². The molecule has 1 atom stereocenters. The summed E-state index contributed by atoms with van der Waals surface area (Å²) >= 11 is 3.38. The Kier molecular flexibility index (Phi) is 4.39. The van der Waals surface area contributed by atoms with Gasteiger partial charge in [0.05, 0.1) is 6.04 Å². The van der Waals surface area contributed by atoms with Crippen molar-refractivity contribution in [2.45, 2.75) is 13.0 Å². The van der Waals surface area contributed by atoms with E-state index in [-0.39, 0.29) is 23.2 Å². The zero-order chi connectivity index (χ0) is 14.7. The zero-order valence-electron chi connectivity index (χ0n) is 10.9. The van der Waals surface area contributed by atoms with Gasteiger partial charge in [0, 0.05) is 15.7 Å². The van der Waals surface area contributed by atoms with Crippen molar-refractivity contribution in [2.75, 3.05) is 5.73 Å². The fourth-order valence-electron chi connectivity index (χ4n) is 1.88. The summed E-state index contributed by atoms with van der Waals surface area (Å²) in [6.07, 6.45) is 0. The molecule has 3 nitrogen and oxygen atoms in total. The van der Waals surface area contributed by atoms with Crippen molar-refractivity contribution >= 4 is 27.5 Å². The van der Waals surface area contributed by atoms with Gasteiger partial charge in [-0.05, 0) is 42.8 Å². The second-order valence-corrected chi connectivity index (χ2v) is 5.44. The molecule has 104 valence electrons. The largest absolute Gasteiger partial charge is 0.399 e. The van der Waals surface area contributed by atoms with Crippen LogP contribution in [-0.4, -0.2) is 5.91 Å². The molecule has 1 amide bonds. The quantitative estimate of drug-likeness (QED) is 0.840. The number of nitrogen functional groups attached to an aromatic ring is 1. The standard InChI is InChI=1S/C15H14BrFN2O/c1-9(10-3-2-4-12(16)5-10)19-15(20)11-6-13(17)8-14(18)7-11/h2-9H,18H2,1H3,(H,19,20). The molecule has 0 aliphatic heterocycles. The molecule has 0 spiro atoms. The number of benzene rings is 2. The first kappa shape index (κ1) is 14.5. The van der Waals surface area contributed by atoms with Crippen LogP contribution in [0, 0.1) is 5.82 Å². The van der Waals surface area contributed by atoms with Crippen LogP contribution in [0.1, 0.15) is 28.9 Å². The van der Waals surface area contributed by atoms with Gasteiger partial charge in [-0.3, -0.25) is 4.79 Å². The van der Waals surface area contributed by atoms with E-state index in [2.05, 4.69) is 21.2 Å². The molecular weight excluding hydrogens is 323 g/mol. The number of halogens is 2. The molecule has 2 aromatic rings. The highest BCUT2D eigenvalue weighted by atomic mass is 79.9. The molecule has 0 saturated carbocycles. The van der Waals surface area contributed by atoms with Gasteiger partial charge in [-0.1, -0.05) is 28.1 Å². The Morgan fingerprint density at radius 2 is 2.05 bits per heavy atom. The Morgan fingerprint density at radius 1 is 1.30 bits per heavy atom. The molecule has 0 fully saturated rings. The summed E-state index contributed by atoms with van der Waals surface area (Å²) < 4.78 is 14.2. The van der Waals surface area contributed by atoms with Crippen molar-refractivity contribution in [3.63, 3.8) is 0 Å². The lowest BCUT2D eigenvalue weighted by molar-refractivity contribution is 0.0939. The van der Waals surface area contributed by atoms with Gasteiger partial charge in [0.2, 0.25) is 0 Å². The number of hydrogen-bond acceptors (Lipinski definition) is 2. The molecule has 20 heavy (non-hydrogen) atoms. The van der Waals surface area contributed by atoms with Crippen molar-refractivity contribution in [1.82, 2.24) is 5.32 Å². The Bertz CT molecular complexity index is 625. The summed E-state index contributed by atoms with van der Waals surface area (Å²) in [5.74, 6) is -0.881. The van der Waals surface area contributed by atoms with E-state index in [0.29, 0.717) is 0 Å². The Hall–Kier alpha value is -1.88. The first-order valence-corrected chi connectivity index (χ1v) is 6.87. The van der Waals surface area contributed by atoms with Crippen molar-refractivity contribution in [3.05, 3.63) is 63.9 Å². The van der Waals surface area contributed by atoms with Gasteiger partial charge in [0.25, 0.3) is 5.91 Å². The van der Waals surface area contributed by atoms with Crippen molar-refractivity contribution in [3.8, 4) is 0 Å². The number of nitrogens with two attached hydrogens (primary N) is 1. The number of carbonyl (C=O) groups is 1. The summed E-state index contributed by atoms with van der Waals surface area (Å²) in [7, 11) is 0. The lowest BCUT2D eigenvalue weighted by Crippen LogP contribution is -2.26. The molecule has 0 heterocycles. The van der Waals surface area contributed by atoms with E-state index < -0.39 is 5.82 Å². The van der Waals surface area contributed by atoms with Crippen LogP contribution in [0.2, 0.25) is 0 Å². The van der Waals surface area contributed by atoms with Crippen LogP contribution < -0.4 is 11.1 Å². The average Bonchev–Trinajstić information content (AvgIpc) is 2.37. The van der Waals surface area contributed by atoms with Crippen molar-refractivity contribution < 1.29 is 9.18 Å². The van der Waals surface area contributed by atoms with Crippen LogP contribution in [0.5, 0.6) is 0 Å². The zero-order valence-corrected chi connectivity index (χ0v) is 12.4. The predicted molar refractivity (Wildman–Crippen MR) is 80.8 cm³/mol. The smallest absolute Gasteiger partial charge is 0.251 e. The minimum Gasteiger partial charge on any atom is -0.399 e. The molecular formula is C15H14BrFN2O. The Balaban J connectivity index is 2.15. The second-order valence-electron chi connectivity index (χ2n) is 4.52. The maximum Gasteiger partial charge on any atom is 0.251 e. The predicted octanol–water partition coefficient (Wildman–Crippen LogP) is 3.66. The molecule has 0 radical (unpaired) electrons. The molecule has 0 aromatic heterocycles. The molecule has 2 rings (SSSR count). The van der Waals surface area contributed by atoms with Gasteiger partial charge in [-0.15, -0.1) is 0 Å². The Labute approximate surface area is 125 Å². The van der Waals surface area contributed by atoms with Crippen LogP contribution in [0.3, 0.4) is 0 Å².